The van der Waals surface area contributed by atoms with Crippen LogP contribution >= 0.6 is 22.7 Å². The van der Waals surface area contributed by atoms with Crippen molar-refractivity contribution in [1.29, 1.82) is 0 Å². The first kappa shape index (κ1) is 15.7. The van der Waals surface area contributed by atoms with Gasteiger partial charge in [0.25, 0.3) is 0 Å². The molecule has 7 heteroatoms. The second kappa shape index (κ2) is 6.82. The van der Waals surface area contributed by atoms with Gasteiger partial charge in [-0.3, -0.25) is 0 Å². The second-order valence-electron chi connectivity index (χ2n) is 4.48. The molecular formula is C13H18N2O2S3. The third kappa shape index (κ3) is 3.67. The Kier molecular flexibility index (Phi) is 5.34. The molecule has 0 fully saturated rings. The molecule has 20 heavy (non-hydrogen) atoms. The molecule has 2 N–H and O–H groups in total. The molecule has 4 nitrogen and oxygen atoms in total. The van der Waals surface area contributed by atoms with E-state index in [1.807, 2.05) is 36.2 Å². The maximum absolute atomic E-state index is 12.4. The summed E-state index contributed by atoms with van der Waals surface area (Å²) < 4.78 is 27.5. The minimum Gasteiger partial charge on any atom is -0.315 e. The highest BCUT2D eigenvalue weighted by Crippen LogP contribution is 2.26. The molecule has 2 rings (SSSR count). The van der Waals surface area contributed by atoms with E-state index in [1.54, 1.807) is 11.3 Å². The minimum absolute atomic E-state index is 0.424. The van der Waals surface area contributed by atoms with Gasteiger partial charge in [-0.05, 0) is 53.7 Å². The molecule has 0 saturated heterocycles. The van der Waals surface area contributed by atoms with Gasteiger partial charge < -0.3 is 5.32 Å². The molecular weight excluding hydrogens is 312 g/mol. The van der Waals surface area contributed by atoms with Crippen LogP contribution in [-0.4, -0.2) is 22.0 Å². The molecule has 0 spiro atoms. The predicted octanol–water partition coefficient (Wildman–Crippen LogP) is 2.36. The fraction of sp³-hybridized carbons (Fsp3) is 0.385. The van der Waals surface area contributed by atoms with E-state index in [0.717, 1.165) is 16.0 Å². The first-order valence-electron chi connectivity index (χ1n) is 6.27. The molecule has 0 amide bonds. The summed E-state index contributed by atoms with van der Waals surface area (Å²) in [5.74, 6) is 0. The van der Waals surface area contributed by atoms with E-state index in [2.05, 4.69) is 10.0 Å². The quantitative estimate of drug-likeness (QED) is 0.819. The van der Waals surface area contributed by atoms with E-state index in [4.69, 9.17) is 0 Å². The van der Waals surface area contributed by atoms with E-state index in [-0.39, 0.29) is 0 Å². The summed E-state index contributed by atoms with van der Waals surface area (Å²) in [5, 5.41) is 8.93. The Hall–Kier alpha value is -0.730. The van der Waals surface area contributed by atoms with Crippen LogP contribution in [-0.2, 0) is 23.0 Å². The number of hydrogen-bond donors (Lipinski definition) is 2. The second-order valence-corrected chi connectivity index (χ2v) is 7.93. The lowest BCUT2D eigenvalue weighted by molar-refractivity contribution is 0.580. The zero-order valence-electron chi connectivity index (χ0n) is 11.5. The van der Waals surface area contributed by atoms with Gasteiger partial charge in [-0.15, -0.1) is 11.3 Å². The van der Waals surface area contributed by atoms with Crippen LogP contribution in [0.5, 0.6) is 0 Å². The molecule has 0 bridgehead atoms. The number of aryl methyl sites for hydroxylation is 1. The molecule has 0 saturated carbocycles. The van der Waals surface area contributed by atoms with Crippen molar-refractivity contribution >= 4 is 32.7 Å². The summed E-state index contributed by atoms with van der Waals surface area (Å²) in [4.78, 5) is 1.29. The van der Waals surface area contributed by atoms with Crippen LogP contribution in [0.2, 0.25) is 0 Å². The summed E-state index contributed by atoms with van der Waals surface area (Å²) in [5.41, 5.74) is 1.97. The number of sulfonamides is 1. The molecule has 2 heterocycles. The minimum atomic E-state index is -3.43. The van der Waals surface area contributed by atoms with E-state index >= 15 is 0 Å². The SMILES string of the molecule is CNCc1scc(C)c1S(=O)(=O)NCCc1ccsc1. The van der Waals surface area contributed by atoms with Gasteiger partial charge in [-0.25, -0.2) is 13.1 Å². The van der Waals surface area contributed by atoms with Crippen LogP contribution in [0, 0.1) is 6.92 Å². The fourth-order valence-corrected chi connectivity index (χ4v) is 5.52. The van der Waals surface area contributed by atoms with Crippen molar-refractivity contribution < 1.29 is 8.42 Å². The van der Waals surface area contributed by atoms with E-state index < -0.39 is 10.0 Å². The largest absolute Gasteiger partial charge is 0.315 e. The Balaban J connectivity index is 2.08. The molecule has 0 aliphatic carbocycles. The lowest BCUT2D eigenvalue weighted by Crippen LogP contribution is -2.27. The first-order chi connectivity index (χ1) is 9.54. The molecule has 0 radical (unpaired) electrons. The van der Waals surface area contributed by atoms with Crippen molar-refractivity contribution in [3.63, 3.8) is 0 Å². The molecule has 2 aromatic rings. The van der Waals surface area contributed by atoms with Gasteiger partial charge >= 0.3 is 0 Å². The Morgan fingerprint density at radius 1 is 1.30 bits per heavy atom. The van der Waals surface area contributed by atoms with E-state index in [9.17, 15) is 8.42 Å². The van der Waals surface area contributed by atoms with Crippen molar-refractivity contribution in [2.45, 2.75) is 24.8 Å². The maximum Gasteiger partial charge on any atom is 0.241 e. The molecule has 0 aliphatic heterocycles. The average Bonchev–Trinajstić information content (AvgIpc) is 3.00. The van der Waals surface area contributed by atoms with E-state index in [0.29, 0.717) is 24.4 Å². The van der Waals surface area contributed by atoms with Gasteiger partial charge in [0.1, 0.15) is 4.90 Å². The highest BCUT2D eigenvalue weighted by molar-refractivity contribution is 7.89. The number of nitrogens with one attached hydrogen (secondary N) is 2. The monoisotopic (exact) mass is 330 g/mol. The van der Waals surface area contributed by atoms with Crippen molar-refractivity contribution in [3.05, 3.63) is 38.2 Å². The zero-order valence-corrected chi connectivity index (χ0v) is 13.9. The van der Waals surface area contributed by atoms with Gasteiger partial charge in [0.05, 0.1) is 0 Å². The summed E-state index contributed by atoms with van der Waals surface area (Å²) >= 11 is 3.10. The highest BCUT2D eigenvalue weighted by Gasteiger charge is 2.22. The topological polar surface area (TPSA) is 58.2 Å². The van der Waals surface area contributed by atoms with Crippen LogP contribution in [0.4, 0.5) is 0 Å². The summed E-state index contributed by atoms with van der Waals surface area (Å²) in [6.45, 7) is 2.83. The highest BCUT2D eigenvalue weighted by atomic mass is 32.2. The average molecular weight is 330 g/mol. The third-order valence-electron chi connectivity index (χ3n) is 2.88. The summed E-state index contributed by atoms with van der Waals surface area (Å²) in [6, 6.07) is 2.02. The van der Waals surface area contributed by atoms with E-state index in [1.165, 1.54) is 11.3 Å². The van der Waals surface area contributed by atoms with Gasteiger partial charge in [0, 0.05) is 18.0 Å². The molecule has 2 aromatic heterocycles. The van der Waals surface area contributed by atoms with Crippen LogP contribution in [0.3, 0.4) is 0 Å². The molecule has 0 unspecified atom stereocenters. The Morgan fingerprint density at radius 3 is 2.75 bits per heavy atom. The lowest BCUT2D eigenvalue weighted by Gasteiger charge is -2.08. The number of thiophene rings is 2. The van der Waals surface area contributed by atoms with Crippen LogP contribution in [0.25, 0.3) is 0 Å². The molecule has 0 aromatic carbocycles. The van der Waals surface area contributed by atoms with Gasteiger partial charge in [0.2, 0.25) is 10.0 Å². The molecule has 0 aliphatic rings. The Bertz CT molecular complexity index is 645. The predicted molar refractivity (Wildman–Crippen MR) is 85.0 cm³/mol. The normalized spacial score (nSPS) is 11.9. The van der Waals surface area contributed by atoms with Crippen LogP contribution < -0.4 is 10.0 Å². The zero-order chi connectivity index (χ0) is 14.6. The van der Waals surface area contributed by atoms with Gasteiger partial charge in [0.15, 0.2) is 0 Å². The Morgan fingerprint density at radius 2 is 2.10 bits per heavy atom. The van der Waals surface area contributed by atoms with Crippen LogP contribution in [0.1, 0.15) is 16.0 Å². The maximum atomic E-state index is 12.4. The van der Waals surface area contributed by atoms with Gasteiger partial charge in [-0.2, -0.15) is 11.3 Å². The van der Waals surface area contributed by atoms with Gasteiger partial charge in [-0.1, -0.05) is 0 Å². The van der Waals surface area contributed by atoms with Crippen molar-refractivity contribution in [3.8, 4) is 0 Å². The molecule has 110 valence electrons. The number of rotatable bonds is 7. The van der Waals surface area contributed by atoms with Crippen molar-refractivity contribution in [1.82, 2.24) is 10.0 Å². The Labute approximate surface area is 127 Å². The lowest BCUT2D eigenvalue weighted by atomic mass is 10.2. The smallest absolute Gasteiger partial charge is 0.241 e. The third-order valence-corrected chi connectivity index (χ3v) is 6.54. The fourth-order valence-electron chi connectivity index (χ4n) is 1.97. The van der Waals surface area contributed by atoms with Crippen LogP contribution in [0.15, 0.2) is 27.1 Å². The standard InChI is InChI=1S/C13H18N2O2S3/c1-10-8-19-12(7-14-2)13(10)20(16,17)15-5-3-11-4-6-18-9-11/h4,6,8-9,14-15H,3,5,7H2,1-2H3. The summed E-state index contributed by atoms with van der Waals surface area (Å²) in [6.07, 6.45) is 0.716. The number of hydrogen-bond acceptors (Lipinski definition) is 5. The summed E-state index contributed by atoms with van der Waals surface area (Å²) in [7, 11) is -1.61. The van der Waals surface area contributed by atoms with Crippen molar-refractivity contribution in [2.75, 3.05) is 13.6 Å². The molecule has 0 atom stereocenters. The first-order valence-corrected chi connectivity index (χ1v) is 9.57. The van der Waals surface area contributed by atoms with Crippen molar-refractivity contribution in [2.24, 2.45) is 0 Å².